The molecule has 3 rings (SSSR count). The lowest BCUT2D eigenvalue weighted by molar-refractivity contribution is -0.297. The van der Waals surface area contributed by atoms with Gasteiger partial charge in [0.15, 0.2) is 17.7 Å². The van der Waals surface area contributed by atoms with Gasteiger partial charge in [-0.1, -0.05) is 26.7 Å². The SMILES string of the molecule is CCCC(CCC)C(=O)C12OC(CC(O)OC1CO)C2O. The van der Waals surface area contributed by atoms with Crippen LogP contribution < -0.4 is 0 Å². The Morgan fingerprint density at radius 2 is 1.90 bits per heavy atom. The molecule has 0 spiro atoms. The van der Waals surface area contributed by atoms with Gasteiger partial charge in [0.2, 0.25) is 0 Å². The van der Waals surface area contributed by atoms with Crippen LogP contribution in [0.5, 0.6) is 0 Å². The van der Waals surface area contributed by atoms with Crippen molar-refractivity contribution in [2.24, 2.45) is 5.92 Å². The summed E-state index contributed by atoms with van der Waals surface area (Å²) >= 11 is 0. The monoisotopic (exact) mass is 302 g/mol. The van der Waals surface area contributed by atoms with Crippen molar-refractivity contribution in [3.8, 4) is 0 Å². The van der Waals surface area contributed by atoms with Crippen LogP contribution in [0.1, 0.15) is 46.0 Å². The van der Waals surface area contributed by atoms with Gasteiger partial charge in [-0.25, -0.2) is 0 Å². The molecule has 2 bridgehead atoms. The molecule has 21 heavy (non-hydrogen) atoms. The van der Waals surface area contributed by atoms with Crippen LogP contribution in [0.25, 0.3) is 0 Å². The van der Waals surface area contributed by atoms with E-state index in [0.29, 0.717) is 0 Å². The fourth-order valence-electron chi connectivity index (χ4n) is 3.54. The molecular formula is C15H26O6. The lowest BCUT2D eigenvalue weighted by Gasteiger charge is -2.52. The van der Waals surface area contributed by atoms with Gasteiger partial charge in [-0.3, -0.25) is 4.79 Å². The van der Waals surface area contributed by atoms with E-state index in [0.717, 1.165) is 25.7 Å². The second-order valence-electron chi connectivity index (χ2n) is 6.03. The van der Waals surface area contributed by atoms with Crippen molar-refractivity contribution in [3.05, 3.63) is 0 Å². The summed E-state index contributed by atoms with van der Waals surface area (Å²) in [6.07, 6.45) is -0.525. The molecule has 0 aromatic carbocycles. The summed E-state index contributed by atoms with van der Waals surface area (Å²) in [5, 5.41) is 29.6. The van der Waals surface area contributed by atoms with Gasteiger partial charge in [0, 0.05) is 12.3 Å². The van der Waals surface area contributed by atoms with E-state index >= 15 is 0 Å². The summed E-state index contributed by atoms with van der Waals surface area (Å²) in [5.41, 5.74) is -1.52. The number of Topliss-reactive ketones (excluding diaryl/α,β-unsaturated/α-hetero) is 1. The zero-order chi connectivity index (χ0) is 15.6. The van der Waals surface area contributed by atoms with Crippen molar-refractivity contribution >= 4 is 5.78 Å². The molecule has 0 aromatic rings. The molecule has 0 radical (unpaired) electrons. The molecule has 122 valence electrons. The maximum absolute atomic E-state index is 12.9. The molecule has 3 aliphatic rings. The van der Waals surface area contributed by atoms with Crippen LogP contribution in [0.3, 0.4) is 0 Å². The van der Waals surface area contributed by atoms with Gasteiger partial charge >= 0.3 is 0 Å². The predicted molar refractivity (Wildman–Crippen MR) is 74.5 cm³/mol. The van der Waals surface area contributed by atoms with Crippen LogP contribution in [0, 0.1) is 5.92 Å². The number of ether oxygens (including phenoxy) is 2. The molecule has 3 heterocycles. The Labute approximate surface area is 125 Å². The molecule has 5 unspecified atom stereocenters. The molecule has 0 aromatic heterocycles. The van der Waals surface area contributed by atoms with Crippen molar-refractivity contribution in [1.82, 2.24) is 0 Å². The first-order valence-electron chi connectivity index (χ1n) is 7.85. The maximum Gasteiger partial charge on any atom is 0.183 e. The van der Waals surface area contributed by atoms with E-state index in [9.17, 15) is 20.1 Å². The molecular weight excluding hydrogens is 276 g/mol. The minimum Gasteiger partial charge on any atom is -0.394 e. The smallest absolute Gasteiger partial charge is 0.183 e. The first-order chi connectivity index (χ1) is 10.0. The van der Waals surface area contributed by atoms with Gasteiger partial charge in [0.1, 0.15) is 12.2 Å². The Hall–Kier alpha value is -0.530. The number of carbonyl (C=O) groups excluding carboxylic acids is 1. The summed E-state index contributed by atoms with van der Waals surface area (Å²) in [6, 6.07) is 0. The zero-order valence-electron chi connectivity index (χ0n) is 12.7. The summed E-state index contributed by atoms with van der Waals surface area (Å²) < 4.78 is 11.0. The van der Waals surface area contributed by atoms with E-state index in [2.05, 4.69) is 0 Å². The number of ketones is 1. The van der Waals surface area contributed by atoms with Crippen LogP contribution in [0.4, 0.5) is 0 Å². The van der Waals surface area contributed by atoms with Crippen molar-refractivity contribution in [1.29, 1.82) is 0 Å². The topological polar surface area (TPSA) is 96.2 Å². The van der Waals surface area contributed by atoms with Gasteiger partial charge in [0.05, 0.1) is 12.7 Å². The largest absolute Gasteiger partial charge is 0.394 e. The maximum atomic E-state index is 12.9. The van der Waals surface area contributed by atoms with E-state index in [1.165, 1.54) is 0 Å². The summed E-state index contributed by atoms with van der Waals surface area (Å²) in [4.78, 5) is 12.9. The number of hydrogen-bond acceptors (Lipinski definition) is 6. The van der Waals surface area contributed by atoms with Crippen LogP contribution in [-0.4, -0.2) is 57.9 Å². The first kappa shape index (κ1) is 16.8. The van der Waals surface area contributed by atoms with Crippen LogP contribution in [0.2, 0.25) is 0 Å². The highest BCUT2D eigenvalue weighted by Crippen LogP contribution is 2.46. The highest BCUT2D eigenvalue weighted by atomic mass is 16.7. The van der Waals surface area contributed by atoms with E-state index in [-0.39, 0.29) is 18.1 Å². The van der Waals surface area contributed by atoms with E-state index in [1.807, 2.05) is 13.8 Å². The van der Waals surface area contributed by atoms with E-state index in [4.69, 9.17) is 9.47 Å². The third kappa shape index (κ3) is 2.75. The molecule has 5 atom stereocenters. The fraction of sp³-hybridized carbons (Fsp3) is 0.933. The molecule has 0 amide bonds. The fourth-order valence-corrected chi connectivity index (χ4v) is 3.54. The van der Waals surface area contributed by atoms with Gasteiger partial charge in [-0.15, -0.1) is 0 Å². The van der Waals surface area contributed by atoms with Crippen LogP contribution in [0.15, 0.2) is 0 Å². The van der Waals surface area contributed by atoms with Gasteiger partial charge in [-0.05, 0) is 12.8 Å². The quantitative estimate of drug-likeness (QED) is 0.629. The molecule has 3 fully saturated rings. The van der Waals surface area contributed by atoms with Crippen molar-refractivity contribution in [2.75, 3.05) is 6.61 Å². The molecule has 6 heteroatoms. The van der Waals surface area contributed by atoms with Gasteiger partial charge < -0.3 is 24.8 Å². The number of carbonyl (C=O) groups is 1. The molecule has 6 nitrogen and oxygen atoms in total. The molecule has 0 aliphatic carbocycles. The van der Waals surface area contributed by atoms with Gasteiger partial charge in [0.25, 0.3) is 0 Å². The van der Waals surface area contributed by atoms with Gasteiger partial charge in [-0.2, -0.15) is 0 Å². The number of aliphatic hydroxyl groups is 3. The number of aliphatic hydroxyl groups excluding tert-OH is 3. The Morgan fingerprint density at radius 3 is 2.38 bits per heavy atom. The first-order valence-corrected chi connectivity index (χ1v) is 7.85. The number of hydrogen-bond donors (Lipinski definition) is 3. The zero-order valence-corrected chi connectivity index (χ0v) is 12.7. The van der Waals surface area contributed by atoms with Crippen molar-refractivity contribution in [3.63, 3.8) is 0 Å². The Bertz CT molecular complexity index is 367. The highest BCUT2D eigenvalue weighted by molar-refractivity contribution is 5.92. The molecule has 3 aliphatic heterocycles. The Morgan fingerprint density at radius 1 is 1.29 bits per heavy atom. The average Bonchev–Trinajstić information content (AvgIpc) is 2.69. The minimum absolute atomic E-state index is 0.110. The Balaban J connectivity index is 2.26. The second kappa shape index (κ2) is 6.71. The summed E-state index contributed by atoms with van der Waals surface area (Å²) in [6.45, 7) is 3.54. The average molecular weight is 302 g/mol. The van der Waals surface area contributed by atoms with E-state index < -0.39 is 36.8 Å². The van der Waals surface area contributed by atoms with Crippen LogP contribution >= 0.6 is 0 Å². The molecule has 3 N–H and O–H groups in total. The molecule has 0 saturated carbocycles. The second-order valence-corrected chi connectivity index (χ2v) is 6.03. The predicted octanol–water partition coefficient (Wildman–Crippen LogP) is 0.370. The summed E-state index contributed by atoms with van der Waals surface area (Å²) in [7, 11) is 0. The molecule has 3 saturated heterocycles. The third-order valence-corrected chi connectivity index (χ3v) is 4.57. The van der Waals surface area contributed by atoms with Crippen molar-refractivity contribution in [2.45, 2.75) is 76.2 Å². The normalized spacial score (nSPS) is 39.0. The Kier molecular flexibility index (Phi) is 5.38. The summed E-state index contributed by atoms with van der Waals surface area (Å²) in [5.74, 6) is -0.424. The van der Waals surface area contributed by atoms with E-state index in [1.54, 1.807) is 0 Å². The number of rotatable bonds is 7. The van der Waals surface area contributed by atoms with Crippen LogP contribution in [-0.2, 0) is 14.3 Å². The van der Waals surface area contributed by atoms with Crippen molar-refractivity contribution < 1.29 is 29.6 Å². The lowest BCUT2D eigenvalue weighted by Crippen LogP contribution is -2.74. The minimum atomic E-state index is -1.52. The highest BCUT2D eigenvalue weighted by Gasteiger charge is 2.67. The lowest BCUT2D eigenvalue weighted by atomic mass is 9.72. The standard InChI is InChI=1S/C15H26O6/c1-3-5-9(6-4-2)13(18)15-11(8-16)20-12(17)7-10(21-15)14(15)19/h9-12,14,16-17,19H,3-8H2,1-2H3. The number of fused-ring (bicyclic) bond motifs is 3. The third-order valence-electron chi connectivity index (χ3n) is 4.57.